The van der Waals surface area contributed by atoms with E-state index >= 15 is 0 Å². The number of aryl methyl sites for hydroxylation is 1. The Morgan fingerprint density at radius 3 is 2.56 bits per heavy atom. The van der Waals surface area contributed by atoms with E-state index in [4.69, 9.17) is 4.74 Å². The van der Waals surface area contributed by atoms with Gasteiger partial charge in [-0.25, -0.2) is 4.98 Å². The highest BCUT2D eigenvalue weighted by Crippen LogP contribution is 2.17. The summed E-state index contributed by atoms with van der Waals surface area (Å²) in [5.74, 6) is 1.51. The fourth-order valence-corrected chi connectivity index (χ4v) is 3.72. The summed E-state index contributed by atoms with van der Waals surface area (Å²) in [4.78, 5) is 19.9. The lowest BCUT2D eigenvalue weighted by molar-refractivity contribution is 0.263. The van der Waals surface area contributed by atoms with Gasteiger partial charge in [0, 0.05) is 6.54 Å². The maximum atomic E-state index is 12.9. The molecule has 0 atom stereocenters. The Morgan fingerprint density at radius 2 is 1.78 bits per heavy atom. The van der Waals surface area contributed by atoms with Crippen molar-refractivity contribution < 1.29 is 4.74 Å². The summed E-state index contributed by atoms with van der Waals surface area (Å²) < 4.78 is 7.51. The number of fused-ring (bicyclic) bond motifs is 1. The van der Waals surface area contributed by atoms with E-state index in [2.05, 4.69) is 9.88 Å². The minimum Gasteiger partial charge on any atom is -0.494 e. The Hall–Kier alpha value is -2.66. The maximum Gasteiger partial charge on any atom is 0.265 e. The Morgan fingerprint density at radius 1 is 1.04 bits per heavy atom. The van der Waals surface area contributed by atoms with Gasteiger partial charge in [-0.3, -0.25) is 9.36 Å². The average molecular weight is 363 g/mol. The molecule has 5 heteroatoms. The number of para-hydroxylation sites is 1. The van der Waals surface area contributed by atoms with Crippen molar-refractivity contribution in [2.24, 2.45) is 0 Å². The Kier molecular flexibility index (Phi) is 5.21. The van der Waals surface area contributed by atoms with Gasteiger partial charge in [0.25, 0.3) is 5.56 Å². The molecule has 0 amide bonds. The maximum absolute atomic E-state index is 12.9. The molecule has 2 heterocycles. The Balaban J connectivity index is 1.46. The zero-order chi connectivity index (χ0) is 18.6. The summed E-state index contributed by atoms with van der Waals surface area (Å²) >= 11 is 0. The van der Waals surface area contributed by atoms with Gasteiger partial charge in [0.05, 0.1) is 23.2 Å². The Bertz CT molecular complexity index is 973. The van der Waals surface area contributed by atoms with Gasteiger partial charge in [-0.05, 0) is 75.7 Å². The van der Waals surface area contributed by atoms with Crippen LogP contribution in [0.1, 0.15) is 25.1 Å². The van der Waals surface area contributed by atoms with Crippen LogP contribution in [0.3, 0.4) is 0 Å². The van der Waals surface area contributed by atoms with E-state index in [1.165, 1.54) is 25.9 Å². The van der Waals surface area contributed by atoms with E-state index < -0.39 is 0 Å². The second-order valence-corrected chi connectivity index (χ2v) is 7.06. The number of rotatable bonds is 6. The molecule has 1 fully saturated rings. The second-order valence-electron chi connectivity index (χ2n) is 7.06. The van der Waals surface area contributed by atoms with E-state index in [0.29, 0.717) is 17.8 Å². The lowest BCUT2D eigenvalue weighted by Gasteiger charge is -2.15. The van der Waals surface area contributed by atoms with Gasteiger partial charge in [0.15, 0.2) is 0 Å². The van der Waals surface area contributed by atoms with Crippen LogP contribution >= 0.6 is 0 Å². The number of hydrogen-bond donors (Lipinski definition) is 0. The van der Waals surface area contributed by atoms with Crippen molar-refractivity contribution in [3.63, 3.8) is 0 Å². The number of aromatic nitrogens is 2. The van der Waals surface area contributed by atoms with Gasteiger partial charge >= 0.3 is 0 Å². The molecule has 3 aromatic rings. The van der Waals surface area contributed by atoms with Gasteiger partial charge in [-0.2, -0.15) is 0 Å². The van der Waals surface area contributed by atoms with Gasteiger partial charge in [0.1, 0.15) is 11.6 Å². The third-order valence-electron chi connectivity index (χ3n) is 5.12. The van der Waals surface area contributed by atoms with Crippen LogP contribution in [-0.4, -0.2) is 40.7 Å². The number of likely N-dealkylation sites (tertiary alicyclic amines) is 1. The molecule has 0 aliphatic carbocycles. The van der Waals surface area contributed by atoms with Crippen molar-refractivity contribution in [3.05, 3.63) is 64.7 Å². The van der Waals surface area contributed by atoms with E-state index in [1.54, 1.807) is 4.57 Å². The fourth-order valence-electron chi connectivity index (χ4n) is 3.72. The highest BCUT2D eigenvalue weighted by Gasteiger charge is 2.11. The molecule has 0 N–H and O–H groups in total. The quantitative estimate of drug-likeness (QED) is 0.628. The van der Waals surface area contributed by atoms with Crippen LogP contribution in [0, 0.1) is 6.92 Å². The van der Waals surface area contributed by atoms with Crippen molar-refractivity contribution >= 4 is 10.9 Å². The minimum absolute atomic E-state index is 0.0441. The molecule has 0 spiro atoms. The van der Waals surface area contributed by atoms with Gasteiger partial charge in [-0.1, -0.05) is 12.1 Å². The lowest BCUT2D eigenvalue weighted by Crippen LogP contribution is -2.22. The van der Waals surface area contributed by atoms with Crippen LogP contribution in [0.5, 0.6) is 5.75 Å². The third-order valence-corrected chi connectivity index (χ3v) is 5.12. The molecule has 0 saturated carbocycles. The second kappa shape index (κ2) is 7.92. The van der Waals surface area contributed by atoms with Gasteiger partial charge in [-0.15, -0.1) is 0 Å². The minimum atomic E-state index is -0.0441. The largest absolute Gasteiger partial charge is 0.494 e. The van der Waals surface area contributed by atoms with Crippen LogP contribution < -0.4 is 10.3 Å². The molecular formula is C22H25N3O2. The van der Waals surface area contributed by atoms with Gasteiger partial charge in [0.2, 0.25) is 0 Å². The van der Waals surface area contributed by atoms with E-state index in [-0.39, 0.29) is 5.56 Å². The topological polar surface area (TPSA) is 47.4 Å². The summed E-state index contributed by atoms with van der Waals surface area (Å²) in [6.07, 6.45) is 3.68. The van der Waals surface area contributed by atoms with Crippen LogP contribution in [0.4, 0.5) is 0 Å². The summed E-state index contributed by atoms with van der Waals surface area (Å²) in [7, 11) is 0. The van der Waals surface area contributed by atoms with Crippen LogP contribution in [0.15, 0.2) is 53.3 Å². The molecule has 1 aliphatic heterocycles. The van der Waals surface area contributed by atoms with Crippen molar-refractivity contribution in [1.29, 1.82) is 0 Å². The first kappa shape index (κ1) is 17.7. The average Bonchev–Trinajstić information content (AvgIpc) is 3.20. The van der Waals surface area contributed by atoms with Crippen LogP contribution in [-0.2, 0) is 0 Å². The monoisotopic (exact) mass is 363 g/mol. The number of ether oxygens (including phenoxy) is 1. The first-order valence-corrected chi connectivity index (χ1v) is 9.66. The highest BCUT2D eigenvalue weighted by atomic mass is 16.5. The first-order chi connectivity index (χ1) is 13.2. The molecule has 27 heavy (non-hydrogen) atoms. The number of nitrogens with zero attached hydrogens (tertiary/aromatic N) is 3. The summed E-state index contributed by atoms with van der Waals surface area (Å²) in [6.45, 7) is 6.13. The van der Waals surface area contributed by atoms with Crippen molar-refractivity contribution in [1.82, 2.24) is 14.5 Å². The summed E-state index contributed by atoms with van der Waals surface area (Å²) in [5.41, 5.74) is 1.49. The molecule has 1 saturated heterocycles. The fraction of sp³-hybridized carbons (Fsp3) is 0.364. The van der Waals surface area contributed by atoms with Crippen molar-refractivity contribution in [2.45, 2.75) is 26.2 Å². The zero-order valence-electron chi connectivity index (χ0n) is 15.7. The smallest absolute Gasteiger partial charge is 0.265 e. The van der Waals surface area contributed by atoms with E-state index in [9.17, 15) is 4.79 Å². The third kappa shape index (κ3) is 3.88. The summed E-state index contributed by atoms with van der Waals surface area (Å²) in [6, 6.07) is 15.1. The molecule has 5 nitrogen and oxygen atoms in total. The van der Waals surface area contributed by atoms with E-state index in [1.807, 2.05) is 55.5 Å². The van der Waals surface area contributed by atoms with Crippen LogP contribution in [0.25, 0.3) is 16.6 Å². The molecule has 2 aromatic carbocycles. The zero-order valence-corrected chi connectivity index (χ0v) is 15.7. The normalized spacial score (nSPS) is 14.7. The number of benzene rings is 2. The molecule has 140 valence electrons. The lowest BCUT2D eigenvalue weighted by atomic mass is 10.2. The number of hydrogen-bond acceptors (Lipinski definition) is 4. The standard InChI is InChI=1S/C22H25N3O2/c1-17-23-21-8-3-2-7-20(21)22(26)25(17)18-9-11-19(12-10-18)27-16-6-15-24-13-4-5-14-24/h2-3,7-12H,4-6,13-16H2,1H3. The molecule has 0 radical (unpaired) electrons. The molecule has 0 unspecified atom stereocenters. The molecule has 4 rings (SSSR count). The molecule has 1 aromatic heterocycles. The SMILES string of the molecule is Cc1nc2ccccc2c(=O)n1-c1ccc(OCCCN2CCCC2)cc1. The highest BCUT2D eigenvalue weighted by molar-refractivity contribution is 5.77. The van der Waals surface area contributed by atoms with E-state index in [0.717, 1.165) is 29.9 Å². The first-order valence-electron chi connectivity index (χ1n) is 9.66. The molecular weight excluding hydrogens is 338 g/mol. The predicted octanol–water partition coefficient (Wildman–Crippen LogP) is 3.56. The van der Waals surface area contributed by atoms with Gasteiger partial charge < -0.3 is 9.64 Å². The molecule has 1 aliphatic rings. The van der Waals surface area contributed by atoms with Crippen molar-refractivity contribution in [2.75, 3.05) is 26.2 Å². The van der Waals surface area contributed by atoms with Crippen LogP contribution in [0.2, 0.25) is 0 Å². The summed E-state index contributed by atoms with van der Waals surface area (Å²) in [5, 5.41) is 0.630. The Labute approximate surface area is 159 Å². The predicted molar refractivity (Wildman–Crippen MR) is 108 cm³/mol. The molecule has 0 bridgehead atoms. The van der Waals surface area contributed by atoms with Crippen molar-refractivity contribution in [3.8, 4) is 11.4 Å².